The van der Waals surface area contributed by atoms with Crippen molar-refractivity contribution in [3.8, 4) is 0 Å². The Hall–Kier alpha value is -1.13. The number of halogens is 5. The van der Waals surface area contributed by atoms with E-state index >= 15 is 0 Å². The van der Waals surface area contributed by atoms with Crippen LogP contribution in [0.1, 0.15) is 18.9 Å². The number of benzene rings is 1. The van der Waals surface area contributed by atoms with Gasteiger partial charge in [0, 0.05) is 5.56 Å². The van der Waals surface area contributed by atoms with Crippen LogP contribution >= 0.6 is 0 Å². The average molecular weight is 209 g/mol. The van der Waals surface area contributed by atoms with E-state index in [1.165, 1.54) is 6.92 Å². The molecule has 0 atom stereocenters. The van der Waals surface area contributed by atoms with E-state index in [0.29, 0.717) is 0 Å². The van der Waals surface area contributed by atoms with E-state index in [1.807, 2.05) is 0 Å². The smallest absolute Gasteiger partial charge is 0.200 e. The molecule has 0 aliphatic carbocycles. The monoisotopic (exact) mass is 209 g/mol. The molecule has 0 spiro atoms. The molecule has 0 nitrogen and oxygen atoms in total. The third-order valence-corrected chi connectivity index (χ3v) is 1.65. The average Bonchev–Trinajstić information content (AvgIpc) is 2.19. The zero-order valence-electron chi connectivity index (χ0n) is 7.17. The summed E-state index contributed by atoms with van der Waals surface area (Å²) in [6.07, 6.45) is 1.12. The maximum absolute atomic E-state index is 12.8. The summed E-state index contributed by atoms with van der Waals surface area (Å²) in [5.41, 5.74) is -0.871. The van der Waals surface area contributed by atoms with Gasteiger partial charge in [-0.1, -0.05) is 6.92 Å². The quantitative estimate of drug-likeness (QED) is 0.398. The minimum Gasteiger partial charge on any atom is -0.203 e. The summed E-state index contributed by atoms with van der Waals surface area (Å²) < 4.78 is 63.3. The Bertz CT molecular complexity index is 330. The number of hydrogen-bond acceptors (Lipinski definition) is 0. The Kier molecular flexibility index (Phi) is 3.08. The van der Waals surface area contributed by atoms with Gasteiger partial charge in [0.1, 0.15) is 0 Å². The van der Waals surface area contributed by atoms with E-state index < -0.39 is 34.6 Å². The molecule has 1 aromatic carbocycles. The second-order valence-corrected chi connectivity index (χ2v) is 2.60. The summed E-state index contributed by atoms with van der Waals surface area (Å²) in [6.45, 7) is 1.53. The molecular formula is C9H6F5. The molecular weight excluding hydrogens is 203 g/mol. The lowest BCUT2D eigenvalue weighted by molar-refractivity contribution is 0.374. The van der Waals surface area contributed by atoms with Gasteiger partial charge < -0.3 is 0 Å². The molecule has 1 rings (SSSR count). The first-order chi connectivity index (χ1) is 6.50. The van der Waals surface area contributed by atoms with Crippen LogP contribution in [0.2, 0.25) is 0 Å². The predicted molar refractivity (Wildman–Crippen MR) is 39.9 cm³/mol. The van der Waals surface area contributed by atoms with Crippen LogP contribution in [0.4, 0.5) is 22.0 Å². The summed E-state index contributed by atoms with van der Waals surface area (Å²) in [4.78, 5) is 0. The van der Waals surface area contributed by atoms with E-state index in [0.717, 1.165) is 6.42 Å². The first kappa shape index (κ1) is 10.9. The van der Waals surface area contributed by atoms with Crippen molar-refractivity contribution >= 4 is 0 Å². The predicted octanol–water partition coefficient (Wildman–Crippen LogP) is 3.34. The molecule has 14 heavy (non-hydrogen) atoms. The van der Waals surface area contributed by atoms with Gasteiger partial charge in [0.15, 0.2) is 23.3 Å². The Morgan fingerprint density at radius 3 is 1.50 bits per heavy atom. The fourth-order valence-electron chi connectivity index (χ4n) is 1.01. The van der Waals surface area contributed by atoms with Crippen molar-refractivity contribution in [3.05, 3.63) is 41.1 Å². The minimum atomic E-state index is -2.13. The van der Waals surface area contributed by atoms with Crippen LogP contribution in [0.15, 0.2) is 0 Å². The van der Waals surface area contributed by atoms with Gasteiger partial charge in [-0.2, -0.15) is 0 Å². The van der Waals surface area contributed by atoms with Crippen LogP contribution in [0.5, 0.6) is 0 Å². The van der Waals surface area contributed by atoms with Gasteiger partial charge in [-0.15, -0.1) is 0 Å². The van der Waals surface area contributed by atoms with Gasteiger partial charge in [0.05, 0.1) is 0 Å². The van der Waals surface area contributed by atoms with Crippen LogP contribution in [-0.4, -0.2) is 0 Å². The number of hydrogen-bond donors (Lipinski definition) is 0. The third-order valence-electron chi connectivity index (χ3n) is 1.65. The van der Waals surface area contributed by atoms with Crippen molar-refractivity contribution in [3.63, 3.8) is 0 Å². The Morgan fingerprint density at radius 2 is 1.14 bits per heavy atom. The molecule has 0 N–H and O–H groups in total. The second kappa shape index (κ2) is 3.94. The first-order valence-corrected chi connectivity index (χ1v) is 3.85. The molecule has 0 saturated carbocycles. The van der Waals surface area contributed by atoms with Gasteiger partial charge in [0.25, 0.3) is 0 Å². The molecule has 0 fully saturated rings. The lowest BCUT2D eigenvalue weighted by Crippen LogP contribution is -2.05. The van der Waals surface area contributed by atoms with Crippen LogP contribution in [0, 0.1) is 35.5 Å². The highest BCUT2D eigenvalue weighted by molar-refractivity contribution is 5.29. The molecule has 5 heteroatoms. The molecule has 0 saturated heterocycles. The molecule has 0 unspecified atom stereocenters. The van der Waals surface area contributed by atoms with Gasteiger partial charge in [-0.05, 0) is 12.8 Å². The van der Waals surface area contributed by atoms with Crippen molar-refractivity contribution in [2.75, 3.05) is 0 Å². The largest absolute Gasteiger partial charge is 0.203 e. The maximum atomic E-state index is 12.8. The van der Waals surface area contributed by atoms with Crippen molar-refractivity contribution in [2.45, 2.75) is 13.3 Å². The van der Waals surface area contributed by atoms with Crippen molar-refractivity contribution in [1.82, 2.24) is 0 Å². The zero-order valence-corrected chi connectivity index (χ0v) is 7.17. The maximum Gasteiger partial charge on any atom is 0.200 e. The van der Waals surface area contributed by atoms with E-state index in [2.05, 4.69) is 0 Å². The van der Waals surface area contributed by atoms with Crippen LogP contribution < -0.4 is 0 Å². The molecule has 0 aliphatic rings. The second-order valence-electron chi connectivity index (χ2n) is 2.60. The highest BCUT2D eigenvalue weighted by atomic mass is 19.2. The van der Waals surface area contributed by atoms with Gasteiger partial charge in [-0.25, -0.2) is 22.0 Å². The molecule has 1 aromatic rings. The summed E-state index contributed by atoms with van der Waals surface area (Å²) in [5, 5.41) is 0. The summed E-state index contributed by atoms with van der Waals surface area (Å²) in [5.74, 6) is -9.54. The first-order valence-electron chi connectivity index (χ1n) is 3.85. The van der Waals surface area contributed by atoms with Crippen molar-refractivity contribution < 1.29 is 22.0 Å². The fourth-order valence-corrected chi connectivity index (χ4v) is 1.01. The minimum absolute atomic E-state index is 0.179. The van der Waals surface area contributed by atoms with Crippen LogP contribution in [0.3, 0.4) is 0 Å². The van der Waals surface area contributed by atoms with Crippen molar-refractivity contribution in [1.29, 1.82) is 0 Å². The normalized spacial score (nSPS) is 10.7. The molecule has 0 heterocycles. The van der Waals surface area contributed by atoms with E-state index in [-0.39, 0.29) is 6.42 Å². The van der Waals surface area contributed by atoms with Crippen LogP contribution in [-0.2, 0) is 0 Å². The van der Waals surface area contributed by atoms with Crippen LogP contribution in [0.25, 0.3) is 0 Å². The molecule has 0 bridgehead atoms. The zero-order chi connectivity index (χ0) is 10.9. The lowest BCUT2D eigenvalue weighted by Gasteiger charge is -2.05. The standard InChI is InChI=1S/C9H6F5/c1-2-3-4-5(10)7(12)9(14)8(13)6(4)11/h3H,2H2,1H3. The van der Waals surface area contributed by atoms with Gasteiger partial charge in [0.2, 0.25) is 5.82 Å². The lowest BCUT2D eigenvalue weighted by atomic mass is 10.1. The van der Waals surface area contributed by atoms with Crippen molar-refractivity contribution in [2.24, 2.45) is 0 Å². The molecule has 1 radical (unpaired) electrons. The molecule has 0 aliphatic heterocycles. The summed E-state index contributed by atoms with van der Waals surface area (Å²) >= 11 is 0. The Morgan fingerprint density at radius 1 is 0.786 bits per heavy atom. The van der Waals surface area contributed by atoms with E-state index in [4.69, 9.17) is 0 Å². The summed E-state index contributed by atoms with van der Waals surface area (Å²) in [6, 6.07) is 0. The Labute approximate surface area is 77.4 Å². The highest BCUT2D eigenvalue weighted by Crippen LogP contribution is 2.24. The summed E-state index contributed by atoms with van der Waals surface area (Å²) in [7, 11) is 0. The molecule has 0 aromatic heterocycles. The topological polar surface area (TPSA) is 0 Å². The van der Waals surface area contributed by atoms with Gasteiger partial charge >= 0.3 is 0 Å². The molecule has 77 valence electrons. The number of rotatable bonds is 2. The fraction of sp³-hybridized carbons (Fsp3) is 0.222. The highest BCUT2D eigenvalue weighted by Gasteiger charge is 2.24. The third kappa shape index (κ3) is 1.58. The molecule has 0 amide bonds. The van der Waals surface area contributed by atoms with E-state index in [1.54, 1.807) is 0 Å². The SMILES string of the molecule is CC[CH]c1c(F)c(F)c(F)c(F)c1F. The Balaban J connectivity index is 3.43. The van der Waals surface area contributed by atoms with E-state index in [9.17, 15) is 22.0 Å². The van der Waals surface area contributed by atoms with Gasteiger partial charge in [-0.3, -0.25) is 0 Å².